The van der Waals surface area contributed by atoms with E-state index in [-0.39, 0.29) is 0 Å². The van der Waals surface area contributed by atoms with Crippen molar-refractivity contribution in [2.45, 2.75) is 5.25 Å². The quantitative estimate of drug-likeness (QED) is 0.464. The van der Waals surface area contributed by atoms with E-state index in [1.54, 1.807) is 11.9 Å². The maximum absolute atomic E-state index is 4.12. The van der Waals surface area contributed by atoms with E-state index in [4.69, 9.17) is 0 Å². The van der Waals surface area contributed by atoms with E-state index in [0.717, 1.165) is 0 Å². The van der Waals surface area contributed by atoms with Crippen molar-refractivity contribution in [1.82, 2.24) is 0 Å². The third-order valence-electron chi connectivity index (χ3n) is 1.54. The van der Waals surface area contributed by atoms with E-state index < -0.39 is 0 Å². The van der Waals surface area contributed by atoms with Crippen molar-refractivity contribution in [1.29, 1.82) is 0 Å². The fraction of sp³-hybridized carbons (Fsp3) is 0.286. The number of allylic oxidation sites excluding steroid dienone is 3. The molecule has 0 N–H and O–H groups in total. The van der Waals surface area contributed by atoms with Crippen molar-refractivity contribution < 1.29 is 0 Å². The molecule has 1 nitrogen and oxygen atoms in total. The first-order valence-electron chi connectivity index (χ1n) is 3.01. The van der Waals surface area contributed by atoms with Crippen LogP contribution in [0.4, 0.5) is 0 Å². The molecule has 1 aliphatic carbocycles. The van der Waals surface area contributed by atoms with Crippen LogP contribution in [0.5, 0.6) is 0 Å². The van der Waals surface area contributed by atoms with Crippen LogP contribution in [0.3, 0.4) is 0 Å². The molecule has 1 heterocycles. The summed E-state index contributed by atoms with van der Waals surface area (Å²) in [7, 11) is 0. The lowest BCUT2D eigenvalue weighted by atomic mass is 10.0. The fourth-order valence-electron chi connectivity index (χ4n) is 1.02. The molecule has 0 saturated carbocycles. The zero-order valence-corrected chi connectivity index (χ0v) is 5.71. The van der Waals surface area contributed by atoms with E-state index in [0.29, 0.717) is 11.2 Å². The fourth-order valence-corrected chi connectivity index (χ4v) is 1.83. The summed E-state index contributed by atoms with van der Waals surface area (Å²) in [5.41, 5.74) is 0. The second-order valence-corrected chi connectivity index (χ2v) is 3.14. The summed E-state index contributed by atoms with van der Waals surface area (Å²) in [6.45, 7) is 0. The highest BCUT2D eigenvalue weighted by molar-refractivity contribution is 7.99. The Morgan fingerprint density at radius 2 is 2.11 bits per heavy atom. The third-order valence-corrected chi connectivity index (χ3v) is 2.50. The molecule has 1 aliphatic heterocycles. The Balaban J connectivity index is 2.25. The van der Waals surface area contributed by atoms with Gasteiger partial charge in [0, 0.05) is 12.1 Å². The molecule has 2 aliphatic rings. The molecule has 2 unspecified atom stereocenters. The Bertz CT molecular complexity index is 193. The molecule has 0 amide bonds. The van der Waals surface area contributed by atoms with Crippen molar-refractivity contribution in [2.24, 2.45) is 10.3 Å². The summed E-state index contributed by atoms with van der Waals surface area (Å²) < 4.78 is 4.12. The molecule has 2 rings (SSSR count). The van der Waals surface area contributed by atoms with Crippen LogP contribution in [-0.2, 0) is 0 Å². The van der Waals surface area contributed by atoms with Crippen LogP contribution >= 0.6 is 11.9 Å². The monoisotopic (exact) mass is 137 g/mol. The van der Waals surface area contributed by atoms with Crippen LogP contribution in [0.25, 0.3) is 0 Å². The minimum absolute atomic E-state index is 0.569. The summed E-state index contributed by atoms with van der Waals surface area (Å²) in [5, 5.41) is 0.593. The second kappa shape index (κ2) is 2.03. The van der Waals surface area contributed by atoms with Gasteiger partial charge < -0.3 is 0 Å². The van der Waals surface area contributed by atoms with Gasteiger partial charge in [0.1, 0.15) is 0 Å². The number of nitrogens with zero attached hydrogens (tertiary/aromatic N) is 1. The molecule has 2 heteroatoms. The topological polar surface area (TPSA) is 12.4 Å². The van der Waals surface area contributed by atoms with Crippen LogP contribution < -0.4 is 0 Å². The zero-order valence-electron chi connectivity index (χ0n) is 4.90. The average molecular weight is 137 g/mol. The van der Waals surface area contributed by atoms with Crippen molar-refractivity contribution >= 4 is 18.2 Å². The van der Waals surface area contributed by atoms with E-state index in [1.807, 2.05) is 6.21 Å². The number of fused-ring (bicyclic) bond motifs is 1. The van der Waals surface area contributed by atoms with Gasteiger partial charge in [0.05, 0.1) is 5.25 Å². The normalized spacial score (nSPS) is 37.3. The third kappa shape index (κ3) is 0.833. The van der Waals surface area contributed by atoms with Gasteiger partial charge in [0.2, 0.25) is 0 Å². The Labute approximate surface area is 58.7 Å². The molecule has 9 heavy (non-hydrogen) atoms. The van der Waals surface area contributed by atoms with Crippen molar-refractivity contribution in [3.05, 3.63) is 24.3 Å². The van der Waals surface area contributed by atoms with Gasteiger partial charge in [-0.25, -0.2) is 4.40 Å². The van der Waals surface area contributed by atoms with Gasteiger partial charge in [-0.1, -0.05) is 24.3 Å². The average Bonchev–Trinajstić information content (AvgIpc) is 2.33. The molecular formula is C7H7NS. The summed E-state index contributed by atoms with van der Waals surface area (Å²) in [6.07, 6.45) is 10.6. The zero-order chi connectivity index (χ0) is 6.10. The van der Waals surface area contributed by atoms with Crippen molar-refractivity contribution in [3.8, 4) is 0 Å². The lowest BCUT2D eigenvalue weighted by Gasteiger charge is -2.09. The van der Waals surface area contributed by atoms with E-state index in [1.165, 1.54) is 0 Å². The van der Waals surface area contributed by atoms with Crippen LogP contribution in [0.2, 0.25) is 0 Å². The summed E-state index contributed by atoms with van der Waals surface area (Å²) in [6, 6.07) is 0. The summed E-state index contributed by atoms with van der Waals surface area (Å²) in [4.78, 5) is 0. The Kier molecular flexibility index (Phi) is 1.19. The molecule has 0 saturated heterocycles. The predicted octanol–water partition coefficient (Wildman–Crippen LogP) is 1.83. The molecule has 0 aromatic carbocycles. The SMILES string of the molecule is C1=CC2C=NSC2C=C1. The largest absolute Gasteiger partial charge is 0.228 e. The lowest BCUT2D eigenvalue weighted by Crippen LogP contribution is -2.10. The molecule has 0 spiro atoms. The summed E-state index contributed by atoms with van der Waals surface area (Å²) in [5.74, 6) is 0.569. The highest BCUT2D eigenvalue weighted by Crippen LogP contribution is 2.30. The van der Waals surface area contributed by atoms with Crippen molar-refractivity contribution in [2.75, 3.05) is 0 Å². The maximum Gasteiger partial charge on any atom is 0.0562 e. The van der Waals surface area contributed by atoms with E-state index in [2.05, 4.69) is 28.7 Å². The maximum atomic E-state index is 4.12. The molecule has 0 radical (unpaired) electrons. The summed E-state index contributed by atoms with van der Waals surface area (Å²) >= 11 is 1.66. The standard InChI is InChI=1S/C7H7NS/c1-2-4-7-6(3-1)5-8-9-7/h1-7H. The number of hydrogen-bond acceptors (Lipinski definition) is 2. The molecule has 2 atom stereocenters. The first-order chi connectivity index (χ1) is 4.47. The van der Waals surface area contributed by atoms with Crippen LogP contribution in [0.1, 0.15) is 0 Å². The molecule has 0 fully saturated rings. The first-order valence-corrected chi connectivity index (χ1v) is 3.85. The van der Waals surface area contributed by atoms with Crippen LogP contribution in [-0.4, -0.2) is 11.5 Å². The smallest absolute Gasteiger partial charge is 0.0562 e. The van der Waals surface area contributed by atoms with Crippen LogP contribution in [0.15, 0.2) is 28.7 Å². The predicted molar refractivity (Wildman–Crippen MR) is 41.6 cm³/mol. The lowest BCUT2D eigenvalue weighted by molar-refractivity contribution is 0.926. The van der Waals surface area contributed by atoms with Gasteiger partial charge in [-0.05, 0) is 11.9 Å². The first kappa shape index (κ1) is 5.30. The van der Waals surface area contributed by atoms with Crippen LogP contribution in [0, 0.1) is 5.92 Å². The van der Waals surface area contributed by atoms with E-state index in [9.17, 15) is 0 Å². The Hall–Kier alpha value is -0.500. The van der Waals surface area contributed by atoms with Gasteiger partial charge >= 0.3 is 0 Å². The molecule has 46 valence electrons. The van der Waals surface area contributed by atoms with E-state index >= 15 is 0 Å². The second-order valence-electron chi connectivity index (χ2n) is 2.17. The highest BCUT2D eigenvalue weighted by atomic mass is 32.2. The molecule has 0 aromatic rings. The van der Waals surface area contributed by atoms with Gasteiger partial charge in [-0.15, -0.1) is 0 Å². The number of rotatable bonds is 0. The molecule has 0 aromatic heterocycles. The Morgan fingerprint density at radius 3 is 3.00 bits per heavy atom. The minimum atomic E-state index is 0.569. The van der Waals surface area contributed by atoms with Gasteiger partial charge in [-0.3, -0.25) is 0 Å². The number of hydrogen-bond donors (Lipinski definition) is 0. The van der Waals surface area contributed by atoms with Gasteiger partial charge in [-0.2, -0.15) is 0 Å². The molecule has 0 bridgehead atoms. The van der Waals surface area contributed by atoms with Gasteiger partial charge in [0.15, 0.2) is 0 Å². The van der Waals surface area contributed by atoms with Gasteiger partial charge in [0.25, 0.3) is 0 Å². The molecular weight excluding hydrogens is 130 g/mol. The Morgan fingerprint density at radius 1 is 1.22 bits per heavy atom. The van der Waals surface area contributed by atoms with Crippen molar-refractivity contribution in [3.63, 3.8) is 0 Å². The highest BCUT2D eigenvalue weighted by Gasteiger charge is 2.21. The minimum Gasteiger partial charge on any atom is -0.228 e.